The van der Waals surface area contributed by atoms with Crippen LogP contribution in [0.25, 0.3) is 0 Å². The lowest BCUT2D eigenvalue weighted by Crippen LogP contribution is -2.27. The van der Waals surface area contributed by atoms with Crippen molar-refractivity contribution in [2.45, 2.75) is 33.4 Å². The molecule has 0 unspecified atom stereocenters. The van der Waals surface area contributed by atoms with E-state index in [9.17, 15) is 0 Å². The highest BCUT2D eigenvalue weighted by Crippen LogP contribution is 2.18. The van der Waals surface area contributed by atoms with Gasteiger partial charge >= 0.3 is 0 Å². The van der Waals surface area contributed by atoms with Crippen LogP contribution in [0.1, 0.15) is 26.3 Å². The molecule has 94 valence electrons. The van der Waals surface area contributed by atoms with Gasteiger partial charge in [0.25, 0.3) is 0 Å². The Kier molecular flexibility index (Phi) is 5.70. The van der Waals surface area contributed by atoms with Gasteiger partial charge in [0.2, 0.25) is 0 Å². The van der Waals surface area contributed by atoms with E-state index in [4.69, 9.17) is 0 Å². The summed E-state index contributed by atoms with van der Waals surface area (Å²) in [6.07, 6.45) is 5.71. The Balaban J connectivity index is 2.85. The van der Waals surface area contributed by atoms with Gasteiger partial charge in [-0.3, -0.25) is 4.98 Å². The topological polar surface area (TPSA) is 28.2 Å². The number of nitrogens with zero attached hydrogens (tertiary/aromatic N) is 2. The third-order valence-corrected chi connectivity index (χ3v) is 2.66. The zero-order chi connectivity index (χ0) is 12.7. The predicted octanol–water partition coefficient (Wildman–Crippen LogP) is 2.59. The van der Waals surface area contributed by atoms with Gasteiger partial charge in [0.05, 0.1) is 11.9 Å². The molecule has 0 amide bonds. The van der Waals surface area contributed by atoms with Crippen molar-refractivity contribution in [3.8, 4) is 0 Å². The molecule has 0 aliphatic rings. The molecule has 0 fully saturated rings. The molecule has 0 bridgehead atoms. The number of hydrogen-bond donors (Lipinski definition) is 1. The molecule has 0 aliphatic heterocycles. The van der Waals surface area contributed by atoms with E-state index in [0.29, 0.717) is 6.04 Å². The molecule has 0 aromatic carbocycles. The van der Waals surface area contributed by atoms with E-state index in [1.807, 2.05) is 18.5 Å². The number of aromatic nitrogens is 1. The van der Waals surface area contributed by atoms with Crippen molar-refractivity contribution in [3.05, 3.63) is 36.7 Å². The van der Waals surface area contributed by atoms with Crippen molar-refractivity contribution in [3.63, 3.8) is 0 Å². The second-order valence-electron chi connectivity index (χ2n) is 4.37. The summed E-state index contributed by atoms with van der Waals surface area (Å²) in [4.78, 5) is 6.49. The Bertz CT molecular complexity index is 347. The van der Waals surface area contributed by atoms with Crippen LogP contribution in [0, 0.1) is 0 Å². The second-order valence-corrected chi connectivity index (χ2v) is 4.37. The highest BCUT2D eigenvalue weighted by molar-refractivity contribution is 5.52. The maximum Gasteiger partial charge on any atom is 0.0601 e. The van der Waals surface area contributed by atoms with Gasteiger partial charge in [0, 0.05) is 31.9 Å². The van der Waals surface area contributed by atoms with Gasteiger partial charge in [-0.1, -0.05) is 19.9 Å². The molecule has 1 aromatic rings. The van der Waals surface area contributed by atoms with Crippen molar-refractivity contribution < 1.29 is 0 Å². The van der Waals surface area contributed by atoms with Crippen LogP contribution in [0.5, 0.6) is 0 Å². The molecular weight excluding hydrogens is 210 g/mol. The normalized spacial score (nSPS) is 10.6. The first-order valence-electron chi connectivity index (χ1n) is 6.21. The van der Waals surface area contributed by atoms with Crippen molar-refractivity contribution >= 4 is 5.69 Å². The van der Waals surface area contributed by atoms with Gasteiger partial charge in [-0.2, -0.15) is 0 Å². The molecule has 0 atom stereocenters. The van der Waals surface area contributed by atoms with Gasteiger partial charge in [-0.15, -0.1) is 6.58 Å². The minimum atomic E-state index is 0.491. The van der Waals surface area contributed by atoms with E-state index < -0.39 is 0 Å². The molecule has 17 heavy (non-hydrogen) atoms. The van der Waals surface area contributed by atoms with Crippen molar-refractivity contribution in [2.24, 2.45) is 0 Å². The number of likely N-dealkylation sites (N-methyl/N-ethyl adjacent to an activating group) is 1. The van der Waals surface area contributed by atoms with E-state index in [2.05, 4.69) is 48.6 Å². The summed E-state index contributed by atoms with van der Waals surface area (Å²) in [6.45, 7) is 13.0. The van der Waals surface area contributed by atoms with Gasteiger partial charge in [0.1, 0.15) is 0 Å². The van der Waals surface area contributed by atoms with Crippen LogP contribution in [0.3, 0.4) is 0 Å². The number of anilines is 1. The Morgan fingerprint density at radius 2 is 2.29 bits per heavy atom. The molecule has 1 heterocycles. The van der Waals surface area contributed by atoms with Crippen molar-refractivity contribution in [1.82, 2.24) is 10.3 Å². The van der Waals surface area contributed by atoms with Crippen LogP contribution < -0.4 is 10.2 Å². The summed E-state index contributed by atoms with van der Waals surface area (Å²) in [5, 5.41) is 3.44. The monoisotopic (exact) mass is 233 g/mol. The average molecular weight is 233 g/mol. The zero-order valence-electron chi connectivity index (χ0n) is 11.1. The summed E-state index contributed by atoms with van der Waals surface area (Å²) in [6, 6.07) is 2.57. The summed E-state index contributed by atoms with van der Waals surface area (Å²) in [5.74, 6) is 0. The first kappa shape index (κ1) is 13.7. The standard InChI is InChI=1S/C14H23N3/c1-5-9-17(6-2)14-11-15-8-7-13(14)10-16-12(3)4/h5,7-8,11-12,16H,1,6,9-10H2,2-4H3. The molecule has 0 aliphatic carbocycles. The van der Waals surface area contributed by atoms with Gasteiger partial charge in [-0.05, 0) is 18.6 Å². The summed E-state index contributed by atoms with van der Waals surface area (Å²) >= 11 is 0. The minimum absolute atomic E-state index is 0.491. The third kappa shape index (κ3) is 4.19. The molecule has 3 heteroatoms. The summed E-state index contributed by atoms with van der Waals surface area (Å²) in [5.41, 5.74) is 2.49. The predicted molar refractivity (Wildman–Crippen MR) is 74.3 cm³/mol. The fourth-order valence-electron chi connectivity index (χ4n) is 1.72. The molecule has 1 rings (SSSR count). The Labute approximate surface area is 105 Å². The maximum absolute atomic E-state index is 4.22. The highest BCUT2D eigenvalue weighted by Gasteiger charge is 2.08. The molecule has 0 spiro atoms. The SMILES string of the molecule is C=CCN(CC)c1cnccc1CNC(C)C. The molecule has 0 radical (unpaired) electrons. The Morgan fingerprint density at radius 3 is 2.88 bits per heavy atom. The average Bonchev–Trinajstić information content (AvgIpc) is 2.34. The van der Waals surface area contributed by atoms with Crippen molar-refractivity contribution in [2.75, 3.05) is 18.0 Å². The van der Waals surface area contributed by atoms with Crippen LogP contribution in [-0.2, 0) is 6.54 Å². The number of rotatable bonds is 7. The van der Waals surface area contributed by atoms with Gasteiger partial charge in [-0.25, -0.2) is 0 Å². The second kappa shape index (κ2) is 7.07. The number of pyridine rings is 1. The van der Waals surface area contributed by atoms with Gasteiger partial charge < -0.3 is 10.2 Å². The first-order chi connectivity index (χ1) is 8.19. The maximum atomic E-state index is 4.22. The fraction of sp³-hybridized carbons (Fsp3) is 0.500. The minimum Gasteiger partial charge on any atom is -0.367 e. The number of nitrogens with one attached hydrogen (secondary N) is 1. The van der Waals surface area contributed by atoms with Crippen LogP contribution in [-0.4, -0.2) is 24.1 Å². The van der Waals surface area contributed by atoms with E-state index in [0.717, 1.165) is 19.6 Å². The molecular formula is C14H23N3. The lowest BCUT2D eigenvalue weighted by Gasteiger charge is -2.24. The lowest BCUT2D eigenvalue weighted by atomic mass is 10.2. The van der Waals surface area contributed by atoms with E-state index in [-0.39, 0.29) is 0 Å². The first-order valence-corrected chi connectivity index (χ1v) is 6.21. The molecule has 3 nitrogen and oxygen atoms in total. The van der Waals surface area contributed by atoms with E-state index in [1.54, 1.807) is 0 Å². The van der Waals surface area contributed by atoms with Crippen LogP contribution in [0.15, 0.2) is 31.1 Å². The Hall–Kier alpha value is -1.35. The molecule has 0 saturated carbocycles. The fourth-order valence-corrected chi connectivity index (χ4v) is 1.72. The van der Waals surface area contributed by atoms with Crippen molar-refractivity contribution in [1.29, 1.82) is 0 Å². The van der Waals surface area contributed by atoms with E-state index >= 15 is 0 Å². The highest BCUT2D eigenvalue weighted by atomic mass is 15.1. The van der Waals surface area contributed by atoms with Crippen LogP contribution in [0.4, 0.5) is 5.69 Å². The number of hydrogen-bond acceptors (Lipinski definition) is 3. The summed E-state index contributed by atoms with van der Waals surface area (Å²) in [7, 11) is 0. The largest absolute Gasteiger partial charge is 0.367 e. The molecule has 0 saturated heterocycles. The smallest absolute Gasteiger partial charge is 0.0601 e. The Morgan fingerprint density at radius 1 is 1.53 bits per heavy atom. The van der Waals surface area contributed by atoms with Gasteiger partial charge in [0.15, 0.2) is 0 Å². The quantitative estimate of drug-likeness (QED) is 0.734. The van der Waals surface area contributed by atoms with Crippen LogP contribution in [0.2, 0.25) is 0 Å². The lowest BCUT2D eigenvalue weighted by molar-refractivity contribution is 0.588. The summed E-state index contributed by atoms with van der Waals surface area (Å²) < 4.78 is 0. The molecule has 1 N–H and O–H groups in total. The zero-order valence-corrected chi connectivity index (χ0v) is 11.1. The third-order valence-electron chi connectivity index (χ3n) is 2.66. The van der Waals surface area contributed by atoms with E-state index in [1.165, 1.54) is 11.3 Å². The van der Waals surface area contributed by atoms with Crippen LogP contribution >= 0.6 is 0 Å². The molecule has 1 aromatic heterocycles.